The number of halogens is 2. The third kappa shape index (κ3) is 4.37. The van der Waals surface area contributed by atoms with E-state index < -0.39 is 23.1 Å². The minimum atomic E-state index is -1.16. The molecule has 1 aliphatic rings. The normalized spacial score (nSPS) is 11.9. The van der Waals surface area contributed by atoms with E-state index in [1.54, 1.807) is 38.2 Å². The molecule has 0 bridgehead atoms. The first-order valence-corrected chi connectivity index (χ1v) is 12.1. The van der Waals surface area contributed by atoms with Crippen molar-refractivity contribution in [3.05, 3.63) is 77.2 Å². The van der Waals surface area contributed by atoms with Crippen molar-refractivity contribution in [2.45, 2.75) is 26.0 Å². The summed E-state index contributed by atoms with van der Waals surface area (Å²) < 4.78 is 41.6. The Labute approximate surface area is 228 Å². The number of carbonyl (C=O) groups excluding carboxylic acids is 1. The smallest absolute Gasteiger partial charge is 0.275 e. The Bertz CT molecular complexity index is 1750. The summed E-state index contributed by atoms with van der Waals surface area (Å²) in [5.41, 5.74) is 1.58. The van der Waals surface area contributed by atoms with Crippen LogP contribution in [0.4, 0.5) is 8.78 Å². The number of pyridine rings is 1. The van der Waals surface area contributed by atoms with E-state index >= 15 is 0 Å². The Morgan fingerprint density at radius 3 is 2.48 bits per heavy atom. The van der Waals surface area contributed by atoms with Gasteiger partial charge in [-0.25, -0.2) is 13.5 Å². The first-order valence-electron chi connectivity index (χ1n) is 12.1. The molecule has 0 aliphatic carbocycles. The number of amides is 1. The molecule has 40 heavy (non-hydrogen) atoms. The van der Waals surface area contributed by atoms with Gasteiger partial charge in [0, 0.05) is 53.8 Å². The Balaban J connectivity index is 1.80. The summed E-state index contributed by atoms with van der Waals surface area (Å²) in [6, 6.07) is 12.1. The van der Waals surface area contributed by atoms with Crippen LogP contribution in [0.25, 0.3) is 28.1 Å². The second kappa shape index (κ2) is 9.79. The second-order valence-corrected chi connectivity index (χ2v) is 9.66. The van der Waals surface area contributed by atoms with E-state index in [1.165, 1.54) is 29.9 Å². The minimum Gasteiger partial charge on any atom is -0.496 e. The van der Waals surface area contributed by atoms with Crippen molar-refractivity contribution in [2.24, 2.45) is 0 Å². The number of fused-ring (bicyclic) bond motifs is 3. The topological polar surface area (TPSA) is 117 Å². The molecule has 200 valence electrons. The zero-order valence-corrected chi connectivity index (χ0v) is 22.0. The maximum absolute atomic E-state index is 14.3. The number of hydrogen-bond donors (Lipinski definition) is 0. The van der Waals surface area contributed by atoms with Gasteiger partial charge in [0.2, 0.25) is 0 Å². The quantitative estimate of drug-likeness (QED) is 0.349. The van der Waals surface area contributed by atoms with E-state index in [9.17, 15) is 24.1 Å². The van der Waals surface area contributed by atoms with E-state index in [4.69, 9.17) is 9.47 Å². The Morgan fingerprint density at radius 1 is 1.10 bits per heavy atom. The first-order chi connectivity index (χ1) is 19.1. The number of benzene rings is 2. The predicted octanol–water partition coefficient (Wildman–Crippen LogP) is 5.03. The summed E-state index contributed by atoms with van der Waals surface area (Å²) >= 11 is 0. The molecular weight excluding hydrogens is 518 g/mol. The van der Waals surface area contributed by atoms with Crippen LogP contribution in [0.15, 0.2) is 48.8 Å². The maximum atomic E-state index is 14.3. The molecule has 4 aromatic rings. The van der Waals surface area contributed by atoms with Gasteiger partial charge < -0.3 is 14.4 Å². The average molecular weight is 541 g/mol. The highest BCUT2D eigenvalue weighted by atomic mass is 19.1. The van der Waals surface area contributed by atoms with E-state index in [2.05, 4.69) is 22.2 Å². The molecule has 9 nitrogen and oxygen atoms in total. The van der Waals surface area contributed by atoms with Gasteiger partial charge in [-0.1, -0.05) is 0 Å². The van der Waals surface area contributed by atoms with Gasteiger partial charge in [-0.3, -0.25) is 9.78 Å². The lowest BCUT2D eigenvalue weighted by Gasteiger charge is -2.29. The number of aromatic nitrogens is 3. The number of nitriles is 2. The maximum Gasteiger partial charge on any atom is 0.275 e. The van der Waals surface area contributed by atoms with Gasteiger partial charge >= 0.3 is 0 Å². The predicted molar refractivity (Wildman–Crippen MR) is 140 cm³/mol. The molecule has 0 fully saturated rings. The Morgan fingerprint density at radius 2 is 1.82 bits per heavy atom. The van der Waals surface area contributed by atoms with E-state index in [0.717, 1.165) is 18.2 Å². The highest BCUT2D eigenvalue weighted by molar-refractivity contribution is 5.97. The highest BCUT2D eigenvalue weighted by Gasteiger charge is 2.36. The van der Waals surface area contributed by atoms with Crippen molar-refractivity contribution in [1.29, 1.82) is 10.5 Å². The fourth-order valence-electron chi connectivity index (χ4n) is 4.43. The first kappa shape index (κ1) is 26.3. The molecule has 0 unspecified atom stereocenters. The second-order valence-electron chi connectivity index (χ2n) is 9.66. The van der Waals surface area contributed by atoms with E-state index in [0.29, 0.717) is 45.0 Å². The van der Waals surface area contributed by atoms with Crippen LogP contribution in [0.2, 0.25) is 0 Å². The fraction of sp³-hybridized carbons (Fsp3) is 0.207. The summed E-state index contributed by atoms with van der Waals surface area (Å²) in [6.45, 7) is 3.10. The molecule has 0 atom stereocenters. The summed E-state index contributed by atoms with van der Waals surface area (Å²) in [7, 11) is 2.97. The SMILES string of the molecule is COc1cc2c(cc1-c1cncc(C#N)c1)-c1c(c(C(=O)N(C)C(C)(C)C#N)nn1-c1cc(F)cc(F)c1)CO2. The minimum absolute atomic E-state index is 0.0262. The summed E-state index contributed by atoms with van der Waals surface area (Å²) in [6.07, 6.45) is 3.00. The molecule has 0 radical (unpaired) electrons. The number of hydrogen-bond acceptors (Lipinski definition) is 7. The van der Waals surface area contributed by atoms with Gasteiger partial charge in [0.25, 0.3) is 5.91 Å². The summed E-state index contributed by atoms with van der Waals surface area (Å²) in [5, 5.41) is 23.5. The monoisotopic (exact) mass is 540 g/mol. The van der Waals surface area contributed by atoms with Gasteiger partial charge in [-0.2, -0.15) is 15.6 Å². The van der Waals surface area contributed by atoms with Crippen molar-refractivity contribution in [1.82, 2.24) is 19.7 Å². The van der Waals surface area contributed by atoms with Crippen LogP contribution in [0.5, 0.6) is 11.5 Å². The lowest BCUT2D eigenvalue weighted by Crippen LogP contribution is -2.44. The van der Waals surface area contributed by atoms with Gasteiger partial charge in [0.05, 0.1) is 30.1 Å². The van der Waals surface area contributed by atoms with Crippen LogP contribution >= 0.6 is 0 Å². The van der Waals surface area contributed by atoms with E-state index in [1.807, 2.05) is 0 Å². The molecule has 1 aliphatic heterocycles. The van der Waals surface area contributed by atoms with Crippen LogP contribution in [-0.2, 0) is 6.61 Å². The molecule has 2 aromatic carbocycles. The third-order valence-corrected chi connectivity index (χ3v) is 6.80. The van der Waals surface area contributed by atoms with E-state index in [-0.39, 0.29) is 18.0 Å². The zero-order valence-electron chi connectivity index (χ0n) is 22.0. The van der Waals surface area contributed by atoms with Crippen molar-refractivity contribution < 1.29 is 23.0 Å². The van der Waals surface area contributed by atoms with Crippen molar-refractivity contribution in [3.8, 4) is 51.7 Å². The van der Waals surface area contributed by atoms with Gasteiger partial charge in [-0.15, -0.1) is 0 Å². The molecule has 3 heterocycles. The average Bonchev–Trinajstić information content (AvgIpc) is 3.35. The lowest BCUT2D eigenvalue weighted by molar-refractivity contribution is 0.0689. The summed E-state index contributed by atoms with van der Waals surface area (Å²) in [5.74, 6) is -1.38. The van der Waals surface area contributed by atoms with Crippen LogP contribution in [0.3, 0.4) is 0 Å². The van der Waals surface area contributed by atoms with Crippen molar-refractivity contribution in [3.63, 3.8) is 0 Å². The van der Waals surface area contributed by atoms with Crippen LogP contribution < -0.4 is 9.47 Å². The summed E-state index contributed by atoms with van der Waals surface area (Å²) in [4.78, 5) is 19.0. The molecule has 5 rings (SSSR count). The van der Waals surface area contributed by atoms with Gasteiger partial charge in [-0.05, 0) is 38.1 Å². The molecule has 0 spiro atoms. The van der Waals surface area contributed by atoms with Crippen LogP contribution in [0, 0.1) is 34.3 Å². The fourth-order valence-corrected chi connectivity index (χ4v) is 4.43. The number of carbonyl (C=O) groups is 1. The molecule has 11 heteroatoms. The number of ether oxygens (including phenoxy) is 2. The lowest BCUT2D eigenvalue weighted by atomic mass is 9.95. The Kier molecular flexibility index (Phi) is 6.44. The van der Waals surface area contributed by atoms with Crippen LogP contribution in [-0.4, -0.2) is 45.3 Å². The molecule has 1 amide bonds. The molecule has 0 N–H and O–H groups in total. The largest absolute Gasteiger partial charge is 0.496 e. The Hall–Kier alpha value is -5.29. The number of methoxy groups -OCH3 is 1. The van der Waals surface area contributed by atoms with Gasteiger partial charge in [0.1, 0.15) is 41.3 Å². The molecular formula is C29H22F2N6O3. The van der Waals surface area contributed by atoms with Crippen LogP contribution in [0.1, 0.15) is 35.5 Å². The van der Waals surface area contributed by atoms with Crippen molar-refractivity contribution >= 4 is 5.91 Å². The third-order valence-electron chi connectivity index (χ3n) is 6.80. The zero-order chi connectivity index (χ0) is 28.8. The molecule has 2 aromatic heterocycles. The highest BCUT2D eigenvalue weighted by Crippen LogP contribution is 2.46. The molecule has 0 saturated heterocycles. The van der Waals surface area contributed by atoms with Gasteiger partial charge in [0.15, 0.2) is 5.69 Å². The molecule has 0 saturated carbocycles. The standard InChI is InChI=1S/C29H22F2N6O3/c1-29(2,15-33)36(3)28(38)26-23-14-40-25-10-24(39-4)21(17-5-16(11-32)12-34-13-17)9-22(25)27(23)37(35-26)20-7-18(30)6-19(31)8-20/h5-10,12-13H,14H2,1-4H3. The van der Waals surface area contributed by atoms with Crippen molar-refractivity contribution in [2.75, 3.05) is 14.2 Å². The number of rotatable bonds is 5. The number of nitrogens with zero attached hydrogens (tertiary/aromatic N) is 6.